The van der Waals surface area contributed by atoms with Crippen LogP contribution in [0.2, 0.25) is 0 Å². The minimum Gasteiger partial charge on any atom is -0.364 e. The zero-order valence-corrected chi connectivity index (χ0v) is 6.61. The van der Waals surface area contributed by atoms with Crippen LogP contribution in [0, 0.1) is 24.1 Å². The molecule has 0 rings (SSSR count). The normalized spacial score (nSPS) is 6.80. The molecule has 54 valence electrons. The molecule has 0 heterocycles. The summed E-state index contributed by atoms with van der Waals surface area (Å²) in [6.45, 7) is 3.18. The van der Waals surface area contributed by atoms with Gasteiger partial charge in [-0.25, -0.2) is 0 Å². The lowest BCUT2D eigenvalue weighted by Gasteiger charge is -1.98. The molecule has 0 aliphatic carbocycles. The van der Waals surface area contributed by atoms with Crippen LogP contribution in [0.3, 0.4) is 0 Å². The van der Waals surface area contributed by atoms with Crippen LogP contribution in [0.1, 0.15) is 13.8 Å². The van der Waals surface area contributed by atoms with E-state index in [0.29, 0.717) is 0 Å². The van der Waals surface area contributed by atoms with E-state index in [-0.39, 0.29) is 0 Å². The Bertz CT molecular complexity index is 171. The summed E-state index contributed by atoms with van der Waals surface area (Å²) in [6.07, 6.45) is 4.39. The molecule has 0 amide bonds. The van der Waals surface area contributed by atoms with E-state index >= 15 is 0 Å². The van der Waals surface area contributed by atoms with Crippen LogP contribution in [0.5, 0.6) is 0 Å². The molecule has 0 aliphatic rings. The zero-order valence-electron chi connectivity index (χ0n) is 5.71. The molecule has 0 aliphatic heterocycles. The van der Waals surface area contributed by atoms with Crippen molar-refractivity contribution in [2.75, 3.05) is 0 Å². The van der Waals surface area contributed by atoms with Gasteiger partial charge in [0.2, 0.25) is 0 Å². The van der Waals surface area contributed by atoms with E-state index in [0.717, 1.165) is 0 Å². The molecule has 0 saturated heterocycles. The highest BCUT2D eigenvalue weighted by Gasteiger charge is 2.02. The van der Waals surface area contributed by atoms with E-state index in [9.17, 15) is 0 Å². The summed E-state index contributed by atoms with van der Waals surface area (Å²) >= 11 is 0. The third-order valence-electron chi connectivity index (χ3n) is 0.452. The summed E-state index contributed by atoms with van der Waals surface area (Å²) in [7, 11) is -1.94. The highest BCUT2D eigenvalue weighted by molar-refractivity contribution is 7.40. The molecule has 0 aromatic rings. The van der Waals surface area contributed by atoms with Gasteiger partial charge in [-0.2, -0.15) is 0 Å². The fourth-order valence-corrected chi connectivity index (χ4v) is 0.564. The lowest BCUT2D eigenvalue weighted by molar-refractivity contribution is 0.348. The SMILES string of the molecule is CC#COP(O)OC#CC. The number of rotatable bonds is 2. The molecule has 3 nitrogen and oxygen atoms in total. The van der Waals surface area contributed by atoms with Crippen LogP contribution in [0.25, 0.3) is 0 Å². The minimum absolute atomic E-state index is 1.59. The van der Waals surface area contributed by atoms with Gasteiger partial charge in [0.25, 0.3) is 0 Å². The molecule has 0 fully saturated rings. The topological polar surface area (TPSA) is 38.7 Å². The molecular weight excluding hydrogens is 151 g/mol. The summed E-state index contributed by atoms with van der Waals surface area (Å²) in [4.78, 5) is 8.73. The van der Waals surface area contributed by atoms with Gasteiger partial charge in [0.05, 0.1) is 0 Å². The Balaban J connectivity index is 3.46. The average molecular weight is 158 g/mol. The molecule has 0 aromatic carbocycles. The van der Waals surface area contributed by atoms with Gasteiger partial charge in [0, 0.05) is 13.8 Å². The van der Waals surface area contributed by atoms with Gasteiger partial charge >= 0.3 is 8.60 Å². The molecule has 0 spiro atoms. The van der Waals surface area contributed by atoms with Crippen LogP contribution >= 0.6 is 8.60 Å². The molecular formula is C6H7O3P. The maximum Gasteiger partial charge on any atom is 0.478 e. The van der Waals surface area contributed by atoms with Crippen molar-refractivity contribution in [1.82, 2.24) is 0 Å². The molecule has 0 radical (unpaired) electrons. The second kappa shape index (κ2) is 6.23. The molecule has 0 atom stereocenters. The second-order valence-electron chi connectivity index (χ2n) is 1.12. The summed E-state index contributed by atoms with van der Waals surface area (Å²) in [5.74, 6) is 4.86. The summed E-state index contributed by atoms with van der Waals surface area (Å²) < 4.78 is 8.86. The van der Waals surface area contributed by atoms with E-state index in [4.69, 9.17) is 4.89 Å². The molecule has 4 heteroatoms. The first-order valence-corrected chi connectivity index (χ1v) is 3.60. The van der Waals surface area contributed by atoms with Crippen molar-refractivity contribution in [1.29, 1.82) is 0 Å². The third-order valence-corrected chi connectivity index (χ3v) is 0.947. The highest BCUT2D eigenvalue weighted by Crippen LogP contribution is 2.30. The van der Waals surface area contributed by atoms with Gasteiger partial charge in [0.1, 0.15) is 12.2 Å². The first-order chi connectivity index (χ1) is 4.81. The van der Waals surface area contributed by atoms with Gasteiger partial charge in [-0.3, -0.25) is 0 Å². The fourth-order valence-electron chi connectivity index (χ4n) is 0.188. The Morgan fingerprint density at radius 3 is 1.80 bits per heavy atom. The van der Waals surface area contributed by atoms with Crippen LogP contribution in [-0.2, 0) is 9.05 Å². The monoisotopic (exact) mass is 158 g/mol. The maximum absolute atomic E-state index is 8.73. The zero-order chi connectivity index (χ0) is 7.82. The Kier molecular flexibility index (Phi) is 5.68. The van der Waals surface area contributed by atoms with Crippen molar-refractivity contribution in [3.63, 3.8) is 0 Å². The van der Waals surface area contributed by atoms with Gasteiger partial charge in [-0.05, 0) is 0 Å². The fraction of sp³-hybridized carbons (Fsp3) is 0.333. The first kappa shape index (κ1) is 9.11. The minimum atomic E-state index is -1.94. The predicted molar refractivity (Wildman–Crippen MR) is 38.2 cm³/mol. The van der Waals surface area contributed by atoms with E-state index in [1.165, 1.54) is 0 Å². The van der Waals surface area contributed by atoms with Gasteiger partial charge in [0.15, 0.2) is 0 Å². The molecule has 0 aromatic heterocycles. The van der Waals surface area contributed by atoms with Gasteiger partial charge in [-0.15, -0.1) is 0 Å². The summed E-state index contributed by atoms with van der Waals surface area (Å²) in [5.41, 5.74) is 0. The van der Waals surface area contributed by atoms with E-state index in [2.05, 4.69) is 33.1 Å². The standard InChI is InChI=1S/C6H7O3P/c1-3-5-8-10(7)9-6-4-2/h7H,1-2H3. The molecule has 10 heavy (non-hydrogen) atoms. The van der Waals surface area contributed by atoms with Crippen molar-refractivity contribution in [3.8, 4) is 24.1 Å². The van der Waals surface area contributed by atoms with Crippen LogP contribution in [0.15, 0.2) is 0 Å². The van der Waals surface area contributed by atoms with E-state index in [1.807, 2.05) is 0 Å². The second-order valence-corrected chi connectivity index (χ2v) is 1.97. The van der Waals surface area contributed by atoms with Crippen LogP contribution in [-0.4, -0.2) is 4.89 Å². The lowest BCUT2D eigenvalue weighted by Crippen LogP contribution is -1.76. The van der Waals surface area contributed by atoms with Crippen LogP contribution < -0.4 is 0 Å². The van der Waals surface area contributed by atoms with Gasteiger partial charge in [-0.1, -0.05) is 11.8 Å². The van der Waals surface area contributed by atoms with Gasteiger partial charge < -0.3 is 13.9 Å². The Morgan fingerprint density at radius 2 is 1.50 bits per heavy atom. The Hall–Kier alpha value is -0.890. The lowest BCUT2D eigenvalue weighted by atomic mass is 10.8. The Labute approximate surface area is 61.3 Å². The van der Waals surface area contributed by atoms with Crippen molar-refractivity contribution >= 4 is 8.60 Å². The van der Waals surface area contributed by atoms with Crippen molar-refractivity contribution in [3.05, 3.63) is 0 Å². The predicted octanol–water partition coefficient (Wildman–Crippen LogP) is 1.20. The maximum atomic E-state index is 8.73. The first-order valence-electron chi connectivity index (χ1n) is 2.47. The molecule has 0 saturated carbocycles. The Morgan fingerprint density at radius 1 is 1.10 bits per heavy atom. The molecule has 1 N–H and O–H groups in total. The number of hydrogen-bond donors (Lipinski definition) is 1. The average Bonchev–Trinajstić information content (AvgIpc) is 1.97. The molecule has 0 bridgehead atoms. The summed E-state index contributed by atoms with van der Waals surface area (Å²) in [6, 6.07) is 0. The largest absolute Gasteiger partial charge is 0.478 e. The van der Waals surface area contributed by atoms with E-state index < -0.39 is 8.60 Å². The smallest absolute Gasteiger partial charge is 0.364 e. The quantitative estimate of drug-likeness (QED) is 0.484. The van der Waals surface area contributed by atoms with E-state index in [1.54, 1.807) is 13.8 Å². The number of hydrogen-bond acceptors (Lipinski definition) is 3. The van der Waals surface area contributed by atoms with Crippen molar-refractivity contribution < 1.29 is 13.9 Å². The van der Waals surface area contributed by atoms with Crippen molar-refractivity contribution in [2.45, 2.75) is 13.8 Å². The van der Waals surface area contributed by atoms with Crippen molar-refractivity contribution in [2.24, 2.45) is 0 Å². The highest BCUT2D eigenvalue weighted by atomic mass is 31.2. The summed E-state index contributed by atoms with van der Waals surface area (Å²) in [5, 5.41) is 0. The third kappa shape index (κ3) is 5.25. The van der Waals surface area contributed by atoms with Crippen LogP contribution in [0.4, 0.5) is 0 Å². The molecule has 0 unspecified atom stereocenters.